The molecule has 21 heavy (non-hydrogen) atoms. The maximum atomic E-state index is 12.3. The smallest absolute Gasteiger partial charge is 0.267 e. The number of aromatic nitrogens is 3. The van der Waals surface area contributed by atoms with Crippen LogP contribution >= 0.6 is 0 Å². The Labute approximate surface area is 124 Å². The van der Waals surface area contributed by atoms with Crippen LogP contribution in [0.25, 0.3) is 0 Å². The highest BCUT2D eigenvalue weighted by atomic mass is 16.1. The minimum Gasteiger partial charge on any atom is -0.354 e. The fourth-order valence-corrected chi connectivity index (χ4v) is 2.49. The van der Waals surface area contributed by atoms with Gasteiger partial charge in [-0.05, 0) is 31.0 Å². The topological polar surface area (TPSA) is 62.7 Å². The van der Waals surface area contributed by atoms with E-state index in [-0.39, 0.29) is 16.9 Å². The third kappa shape index (κ3) is 2.73. The van der Waals surface area contributed by atoms with Crippen LogP contribution in [0.5, 0.6) is 0 Å². The summed E-state index contributed by atoms with van der Waals surface area (Å²) in [5.41, 5.74) is 1.70. The van der Waals surface area contributed by atoms with E-state index in [4.69, 9.17) is 0 Å². The highest BCUT2D eigenvalue weighted by Gasteiger charge is 2.45. The van der Waals surface area contributed by atoms with Gasteiger partial charge in [-0.25, -0.2) is 0 Å². The fourth-order valence-electron chi connectivity index (χ4n) is 2.49. The number of nitrogens with zero attached hydrogens (tertiary/aromatic N) is 2. The van der Waals surface area contributed by atoms with Gasteiger partial charge in [0.05, 0.1) is 5.54 Å². The van der Waals surface area contributed by atoms with Crippen LogP contribution in [-0.4, -0.2) is 27.2 Å². The van der Waals surface area contributed by atoms with Crippen LogP contribution in [0, 0.1) is 0 Å². The first-order chi connectivity index (χ1) is 9.91. The van der Waals surface area contributed by atoms with Crippen molar-refractivity contribution in [2.24, 2.45) is 0 Å². The fraction of sp³-hybridized carbons (Fsp3) is 0.500. The maximum absolute atomic E-state index is 12.3. The van der Waals surface area contributed by atoms with Crippen LogP contribution in [0.15, 0.2) is 30.6 Å². The summed E-state index contributed by atoms with van der Waals surface area (Å²) in [5, 5.41) is 7.32. The third-order valence-corrected chi connectivity index (χ3v) is 4.13. The van der Waals surface area contributed by atoms with Crippen LogP contribution in [0.2, 0.25) is 0 Å². The van der Waals surface area contributed by atoms with Gasteiger partial charge in [0, 0.05) is 30.0 Å². The van der Waals surface area contributed by atoms with Gasteiger partial charge in [-0.2, -0.15) is 5.10 Å². The second-order valence-electron chi connectivity index (χ2n) is 6.89. The molecule has 1 aliphatic rings. The molecule has 2 aromatic rings. The average molecular weight is 286 g/mol. The van der Waals surface area contributed by atoms with E-state index in [2.05, 4.69) is 36.2 Å². The van der Waals surface area contributed by atoms with Crippen molar-refractivity contribution in [2.75, 3.05) is 6.54 Å². The van der Waals surface area contributed by atoms with Crippen molar-refractivity contribution >= 4 is 5.91 Å². The Balaban J connectivity index is 1.64. The number of H-pyrrole nitrogens is 1. The molecular formula is C16H22N4O. The van der Waals surface area contributed by atoms with Gasteiger partial charge < -0.3 is 10.3 Å². The molecule has 5 heteroatoms. The lowest BCUT2D eigenvalue weighted by atomic mass is 9.93. The zero-order chi connectivity index (χ0) is 15.1. The molecule has 1 fully saturated rings. The van der Waals surface area contributed by atoms with E-state index in [1.807, 2.05) is 29.1 Å². The average Bonchev–Trinajstić information content (AvgIpc) is 2.88. The first kappa shape index (κ1) is 13.9. The molecule has 112 valence electrons. The van der Waals surface area contributed by atoms with Gasteiger partial charge in [-0.1, -0.05) is 20.8 Å². The number of nitrogens with one attached hydrogen (secondary N) is 2. The maximum Gasteiger partial charge on any atom is 0.267 e. The van der Waals surface area contributed by atoms with Crippen LogP contribution in [0.1, 0.15) is 49.8 Å². The molecule has 1 saturated carbocycles. The number of carbonyl (C=O) groups excluding carboxylic acids is 1. The third-order valence-electron chi connectivity index (χ3n) is 4.13. The SMILES string of the molecule is CC(C)(C)c1ccc(C(=O)NCC2(n3cccn3)CC2)[nH]1. The number of rotatable bonds is 4. The second-order valence-corrected chi connectivity index (χ2v) is 6.89. The van der Waals surface area contributed by atoms with Gasteiger partial charge >= 0.3 is 0 Å². The highest BCUT2D eigenvalue weighted by molar-refractivity contribution is 5.92. The summed E-state index contributed by atoms with van der Waals surface area (Å²) in [5.74, 6) is -0.0519. The molecule has 0 aromatic carbocycles. The van der Waals surface area contributed by atoms with E-state index < -0.39 is 0 Å². The van der Waals surface area contributed by atoms with Crippen LogP contribution in [0.4, 0.5) is 0 Å². The zero-order valence-corrected chi connectivity index (χ0v) is 12.8. The summed E-state index contributed by atoms with van der Waals surface area (Å²) in [6.45, 7) is 6.99. The summed E-state index contributed by atoms with van der Waals surface area (Å²) >= 11 is 0. The molecule has 2 heterocycles. The Bertz CT molecular complexity index is 630. The van der Waals surface area contributed by atoms with Gasteiger partial charge in [0.1, 0.15) is 5.69 Å². The van der Waals surface area contributed by atoms with Crippen molar-refractivity contribution in [1.29, 1.82) is 0 Å². The van der Waals surface area contributed by atoms with E-state index in [0.29, 0.717) is 12.2 Å². The molecule has 0 saturated heterocycles. The number of hydrogen-bond acceptors (Lipinski definition) is 2. The molecule has 0 aliphatic heterocycles. The minimum atomic E-state index is -0.0519. The Hall–Kier alpha value is -2.04. The lowest BCUT2D eigenvalue weighted by Crippen LogP contribution is -2.36. The molecule has 1 aliphatic carbocycles. The largest absolute Gasteiger partial charge is 0.354 e. The summed E-state index contributed by atoms with van der Waals surface area (Å²) in [4.78, 5) is 15.5. The summed E-state index contributed by atoms with van der Waals surface area (Å²) in [6.07, 6.45) is 5.87. The molecule has 2 aromatic heterocycles. The Kier molecular flexibility index (Phi) is 3.15. The van der Waals surface area contributed by atoms with Gasteiger partial charge in [-0.3, -0.25) is 9.48 Å². The molecule has 0 bridgehead atoms. The summed E-state index contributed by atoms with van der Waals surface area (Å²) < 4.78 is 1.96. The number of carbonyl (C=O) groups is 1. The monoisotopic (exact) mass is 286 g/mol. The molecule has 0 radical (unpaired) electrons. The van der Waals surface area contributed by atoms with Crippen LogP contribution in [-0.2, 0) is 11.0 Å². The Morgan fingerprint density at radius 3 is 2.71 bits per heavy atom. The Morgan fingerprint density at radius 2 is 2.19 bits per heavy atom. The van der Waals surface area contributed by atoms with Gasteiger partial charge in [0.2, 0.25) is 0 Å². The highest BCUT2D eigenvalue weighted by Crippen LogP contribution is 2.42. The van der Waals surface area contributed by atoms with E-state index >= 15 is 0 Å². The predicted octanol–water partition coefficient (Wildman–Crippen LogP) is 2.43. The summed E-state index contributed by atoms with van der Waals surface area (Å²) in [6, 6.07) is 5.75. The number of amides is 1. The molecule has 2 N–H and O–H groups in total. The minimum absolute atomic E-state index is 0.0153. The standard InChI is InChI=1S/C16H22N4O/c1-15(2,3)13-6-5-12(19-13)14(21)17-11-16(7-8-16)20-10-4-9-18-20/h4-6,9-10,19H,7-8,11H2,1-3H3,(H,17,21). The molecular weight excluding hydrogens is 264 g/mol. The number of hydrogen-bond donors (Lipinski definition) is 2. The van der Waals surface area contributed by atoms with Crippen LogP contribution < -0.4 is 5.32 Å². The zero-order valence-electron chi connectivity index (χ0n) is 12.8. The van der Waals surface area contributed by atoms with Crippen molar-refractivity contribution in [3.8, 4) is 0 Å². The van der Waals surface area contributed by atoms with Crippen molar-refractivity contribution in [1.82, 2.24) is 20.1 Å². The molecule has 5 nitrogen and oxygen atoms in total. The normalized spacial score (nSPS) is 16.7. The van der Waals surface area contributed by atoms with Crippen molar-refractivity contribution < 1.29 is 4.79 Å². The molecule has 0 atom stereocenters. The Morgan fingerprint density at radius 1 is 1.43 bits per heavy atom. The first-order valence-electron chi connectivity index (χ1n) is 7.39. The lowest BCUT2D eigenvalue weighted by Gasteiger charge is -2.17. The molecule has 1 amide bonds. The quantitative estimate of drug-likeness (QED) is 0.906. The summed E-state index contributed by atoms with van der Waals surface area (Å²) in [7, 11) is 0. The second kappa shape index (κ2) is 4.76. The van der Waals surface area contributed by atoms with Crippen molar-refractivity contribution in [2.45, 2.75) is 44.6 Å². The first-order valence-corrected chi connectivity index (χ1v) is 7.39. The van der Waals surface area contributed by atoms with E-state index in [0.717, 1.165) is 18.5 Å². The van der Waals surface area contributed by atoms with Crippen molar-refractivity contribution in [3.63, 3.8) is 0 Å². The van der Waals surface area contributed by atoms with E-state index in [1.54, 1.807) is 6.20 Å². The van der Waals surface area contributed by atoms with E-state index in [9.17, 15) is 4.79 Å². The molecule has 0 unspecified atom stereocenters. The van der Waals surface area contributed by atoms with Gasteiger partial charge in [-0.15, -0.1) is 0 Å². The van der Waals surface area contributed by atoms with Gasteiger partial charge in [0.25, 0.3) is 5.91 Å². The van der Waals surface area contributed by atoms with Gasteiger partial charge in [0.15, 0.2) is 0 Å². The van der Waals surface area contributed by atoms with Crippen molar-refractivity contribution in [3.05, 3.63) is 42.0 Å². The molecule has 3 rings (SSSR count). The number of aromatic amines is 1. The molecule has 0 spiro atoms. The predicted molar refractivity (Wildman–Crippen MR) is 81.3 cm³/mol. The van der Waals surface area contributed by atoms with Crippen LogP contribution in [0.3, 0.4) is 0 Å². The van der Waals surface area contributed by atoms with E-state index in [1.165, 1.54) is 0 Å². The lowest BCUT2D eigenvalue weighted by molar-refractivity contribution is 0.0939.